The molecule has 0 radical (unpaired) electrons. The van der Waals surface area contributed by atoms with Crippen LogP contribution in [-0.4, -0.2) is 17.7 Å². The Morgan fingerprint density at radius 2 is 2.11 bits per heavy atom. The number of halogens is 2. The molecule has 1 aliphatic rings. The first-order chi connectivity index (χ1) is 8.33. The first-order valence-electron chi connectivity index (χ1n) is 5.69. The van der Waals surface area contributed by atoms with Gasteiger partial charge in [0.2, 0.25) is 0 Å². The van der Waals surface area contributed by atoms with Crippen molar-refractivity contribution in [1.29, 1.82) is 0 Å². The third-order valence-electron chi connectivity index (χ3n) is 3.15. The summed E-state index contributed by atoms with van der Waals surface area (Å²) in [7, 11) is 0. The molecule has 0 aliphatic carbocycles. The molecule has 0 unspecified atom stereocenters. The Bertz CT molecular complexity index is 509. The summed E-state index contributed by atoms with van der Waals surface area (Å²) in [5.74, 6) is -2.39. The van der Waals surface area contributed by atoms with Gasteiger partial charge < -0.3 is 9.84 Å². The molecular formula is C13H14F2O3. The van der Waals surface area contributed by atoms with E-state index in [0.717, 1.165) is 6.07 Å². The summed E-state index contributed by atoms with van der Waals surface area (Å²) < 4.78 is 32.6. The molecule has 2 rings (SSSR count). The van der Waals surface area contributed by atoms with Crippen molar-refractivity contribution in [3.05, 3.63) is 28.8 Å². The lowest BCUT2D eigenvalue weighted by molar-refractivity contribution is -0.138. The van der Waals surface area contributed by atoms with Gasteiger partial charge in [-0.15, -0.1) is 0 Å². The summed E-state index contributed by atoms with van der Waals surface area (Å²) in [5, 5.41) is 8.88. The number of rotatable bonds is 3. The second-order valence-electron chi connectivity index (χ2n) is 5.08. The number of carboxylic acid groups (broad SMARTS) is 1. The molecule has 0 saturated heterocycles. The second-order valence-corrected chi connectivity index (χ2v) is 5.08. The van der Waals surface area contributed by atoms with Gasteiger partial charge in [-0.3, -0.25) is 4.79 Å². The highest BCUT2D eigenvalue weighted by molar-refractivity contribution is 5.69. The fraction of sp³-hybridized carbons (Fsp3) is 0.462. The van der Waals surface area contributed by atoms with Crippen LogP contribution in [0, 0.1) is 11.6 Å². The number of hydrogen-bond donors (Lipinski definition) is 1. The fourth-order valence-electron chi connectivity index (χ4n) is 2.50. The van der Waals surface area contributed by atoms with Crippen LogP contribution in [0.4, 0.5) is 8.78 Å². The molecule has 0 saturated carbocycles. The Morgan fingerprint density at radius 1 is 1.44 bits per heavy atom. The number of carboxylic acids is 1. The zero-order chi connectivity index (χ0) is 13.5. The molecule has 0 atom stereocenters. The Kier molecular flexibility index (Phi) is 3.00. The molecular weight excluding hydrogens is 242 g/mol. The van der Waals surface area contributed by atoms with Gasteiger partial charge in [-0.1, -0.05) is 13.8 Å². The van der Waals surface area contributed by atoms with Gasteiger partial charge in [0.05, 0.1) is 13.0 Å². The SMILES string of the molecule is CC(C)(CC(=O)O)c1c(F)cc(F)c2c1CCO2. The van der Waals surface area contributed by atoms with Crippen molar-refractivity contribution in [2.45, 2.75) is 32.1 Å². The van der Waals surface area contributed by atoms with Crippen molar-refractivity contribution in [2.24, 2.45) is 0 Å². The maximum Gasteiger partial charge on any atom is 0.304 e. The molecule has 18 heavy (non-hydrogen) atoms. The molecule has 98 valence electrons. The Hall–Kier alpha value is -1.65. The minimum Gasteiger partial charge on any atom is -0.490 e. The predicted molar refractivity (Wildman–Crippen MR) is 60.8 cm³/mol. The Morgan fingerprint density at radius 3 is 2.72 bits per heavy atom. The number of hydrogen-bond acceptors (Lipinski definition) is 2. The fourth-order valence-corrected chi connectivity index (χ4v) is 2.50. The first-order valence-corrected chi connectivity index (χ1v) is 5.69. The number of ether oxygens (including phenoxy) is 1. The van der Waals surface area contributed by atoms with Crippen LogP contribution >= 0.6 is 0 Å². The first kappa shape index (κ1) is 12.8. The average Bonchev–Trinajstić information content (AvgIpc) is 2.63. The smallest absolute Gasteiger partial charge is 0.304 e. The topological polar surface area (TPSA) is 46.5 Å². The van der Waals surface area contributed by atoms with Gasteiger partial charge in [0.1, 0.15) is 5.82 Å². The lowest BCUT2D eigenvalue weighted by Gasteiger charge is -2.26. The number of benzene rings is 1. The van der Waals surface area contributed by atoms with Crippen LogP contribution < -0.4 is 4.74 Å². The predicted octanol–water partition coefficient (Wildman–Crippen LogP) is 2.65. The van der Waals surface area contributed by atoms with Crippen LogP contribution in [0.15, 0.2) is 6.07 Å². The van der Waals surface area contributed by atoms with Gasteiger partial charge in [-0.25, -0.2) is 8.78 Å². The number of carbonyl (C=O) groups is 1. The monoisotopic (exact) mass is 256 g/mol. The maximum absolute atomic E-state index is 14.0. The van der Waals surface area contributed by atoms with Crippen molar-refractivity contribution in [2.75, 3.05) is 6.61 Å². The van der Waals surface area contributed by atoms with Crippen molar-refractivity contribution in [3.8, 4) is 5.75 Å². The molecule has 0 spiro atoms. The number of fused-ring (bicyclic) bond motifs is 1. The zero-order valence-electron chi connectivity index (χ0n) is 10.2. The zero-order valence-corrected chi connectivity index (χ0v) is 10.2. The van der Waals surface area contributed by atoms with Gasteiger partial charge in [-0.05, 0) is 0 Å². The van der Waals surface area contributed by atoms with Crippen LogP contribution in [0.5, 0.6) is 5.75 Å². The summed E-state index contributed by atoms with van der Waals surface area (Å²) in [5.41, 5.74) is -0.195. The molecule has 0 amide bonds. The quantitative estimate of drug-likeness (QED) is 0.904. The van der Waals surface area contributed by atoms with E-state index < -0.39 is 23.0 Å². The van der Waals surface area contributed by atoms with Crippen molar-refractivity contribution in [3.63, 3.8) is 0 Å². The van der Waals surface area contributed by atoms with E-state index in [1.54, 1.807) is 13.8 Å². The third kappa shape index (κ3) is 2.05. The largest absolute Gasteiger partial charge is 0.490 e. The molecule has 0 bridgehead atoms. The molecule has 0 aromatic heterocycles. The van der Waals surface area contributed by atoms with E-state index in [0.29, 0.717) is 18.6 Å². The van der Waals surface area contributed by atoms with E-state index in [-0.39, 0.29) is 17.7 Å². The molecule has 1 N–H and O–H groups in total. The Labute approximate surface area is 103 Å². The second kappa shape index (κ2) is 4.23. The van der Waals surface area contributed by atoms with E-state index in [2.05, 4.69) is 0 Å². The molecule has 1 aromatic carbocycles. The van der Waals surface area contributed by atoms with Crippen LogP contribution in [0.3, 0.4) is 0 Å². The Balaban J connectivity index is 2.58. The van der Waals surface area contributed by atoms with E-state index in [1.165, 1.54) is 0 Å². The number of aliphatic carboxylic acids is 1. The van der Waals surface area contributed by atoms with Gasteiger partial charge in [0.15, 0.2) is 11.6 Å². The lowest BCUT2D eigenvalue weighted by atomic mass is 9.78. The minimum atomic E-state index is -1.02. The molecule has 0 fully saturated rings. The summed E-state index contributed by atoms with van der Waals surface area (Å²) >= 11 is 0. The van der Waals surface area contributed by atoms with Crippen molar-refractivity contribution < 1.29 is 23.4 Å². The van der Waals surface area contributed by atoms with E-state index in [1.807, 2.05) is 0 Å². The highest BCUT2D eigenvalue weighted by Gasteiger charge is 2.34. The highest BCUT2D eigenvalue weighted by atomic mass is 19.1. The van der Waals surface area contributed by atoms with E-state index in [4.69, 9.17) is 9.84 Å². The normalized spacial score (nSPS) is 14.2. The molecule has 1 aromatic rings. The highest BCUT2D eigenvalue weighted by Crippen LogP contribution is 2.40. The molecule has 1 heterocycles. The van der Waals surface area contributed by atoms with Crippen LogP contribution in [0.25, 0.3) is 0 Å². The van der Waals surface area contributed by atoms with Gasteiger partial charge in [0.25, 0.3) is 0 Å². The average molecular weight is 256 g/mol. The van der Waals surface area contributed by atoms with Crippen LogP contribution in [-0.2, 0) is 16.6 Å². The third-order valence-corrected chi connectivity index (χ3v) is 3.15. The van der Waals surface area contributed by atoms with Gasteiger partial charge in [0, 0.05) is 29.0 Å². The molecule has 5 heteroatoms. The minimum absolute atomic E-state index is 0.0601. The van der Waals surface area contributed by atoms with Gasteiger partial charge in [-0.2, -0.15) is 0 Å². The summed E-state index contributed by atoms with van der Waals surface area (Å²) in [6, 6.07) is 0.767. The van der Waals surface area contributed by atoms with Crippen molar-refractivity contribution in [1.82, 2.24) is 0 Å². The van der Waals surface area contributed by atoms with Gasteiger partial charge >= 0.3 is 5.97 Å². The maximum atomic E-state index is 14.0. The lowest BCUT2D eigenvalue weighted by Crippen LogP contribution is -2.25. The van der Waals surface area contributed by atoms with Crippen LogP contribution in [0.2, 0.25) is 0 Å². The summed E-state index contributed by atoms with van der Waals surface area (Å²) in [4.78, 5) is 10.8. The van der Waals surface area contributed by atoms with Crippen LogP contribution in [0.1, 0.15) is 31.4 Å². The van der Waals surface area contributed by atoms with Crippen molar-refractivity contribution >= 4 is 5.97 Å². The van der Waals surface area contributed by atoms with E-state index in [9.17, 15) is 13.6 Å². The summed E-state index contributed by atoms with van der Waals surface area (Å²) in [6.45, 7) is 3.57. The summed E-state index contributed by atoms with van der Waals surface area (Å²) in [6.07, 6.45) is 0.185. The molecule has 1 aliphatic heterocycles. The molecule has 3 nitrogen and oxygen atoms in total. The standard InChI is InChI=1S/C13H14F2O3/c1-13(2,6-10(16)17)11-7-3-4-18-12(7)9(15)5-8(11)14/h5H,3-4,6H2,1-2H3,(H,16,17). The van der Waals surface area contributed by atoms with E-state index >= 15 is 0 Å².